The molecule has 1 N–H and O–H groups in total. The first-order valence-electron chi connectivity index (χ1n) is 7.58. The highest BCUT2D eigenvalue weighted by atomic mass is 32.2. The molecule has 132 valence electrons. The molecule has 0 bridgehead atoms. The van der Waals surface area contributed by atoms with Crippen LogP contribution in [0.4, 0.5) is 11.4 Å². The van der Waals surface area contributed by atoms with Crippen LogP contribution in [0.2, 0.25) is 0 Å². The number of rotatable bonds is 5. The van der Waals surface area contributed by atoms with Gasteiger partial charge in [-0.25, -0.2) is 4.98 Å². The molecule has 1 aromatic heterocycles. The minimum absolute atomic E-state index is 0.0484. The van der Waals surface area contributed by atoms with Crippen LogP contribution in [0.1, 0.15) is 0 Å². The number of carbonyl (C=O) groups is 1. The van der Waals surface area contributed by atoms with Crippen molar-refractivity contribution in [2.24, 2.45) is 7.05 Å². The quantitative estimate of drug-likeness (QED) is 0.320. The molecule has 0 radical (unpaired) electrons. The van der Waals surface area contributed by atoms with E-state index >= 15 is 0 Å². The summed E-state index contributed by atoms with van der Waals surface area (Å²) >= 11 is 1.14. The van der Waals surface area contributed by atoms with Gasteiger partial charge in [-0.1, -0.05) is 23.9 Å². The summed E-state index contributed by atoms with van der Waals surface area (Å²) in [7, 11) is 1.61. The number of carbonyl (C=O) groups excluding carboxylic acids is 1. The van der Waals surface area contributed by atoms with Crippen LogP contribution in [0.3, 0.4) is 0 Å². The summed E-state index contributed by atoms with van der Waals surface area (Å²) in [5.74, 6) is -0.249. The third-order valence-corrected chi connectivity index (χ3v) is 4.67. The van der Waals surface area contributed by atoms with Gasteiger partial charge in [0.2, 0.25) is 5.91 Å². The molecule has 1 heterocycles. The van der Waals surface area contributed by atoms with Crippen molar-refractivity contribution >= 4 is 39.9 Å². The van der Waals surface area contributed by atoms with Crippen molar-refractivity contribution in [1.82, 2.24) is 9.55 Å². The van der Waals surface area contributed by atoms with Gasteiger partial charge in [0, 0.05) is 24.9 Å². The van der Waals surface area contributed by atoms with Crippen LogP contribution in [0.5, 0.6) is 0 Å². The average Bonchev–Trinajstić information content (AvgIpc) is 2.64. The van der Waals surface area contributed by atoms with E-state index in [1.165, 1.54) is 28.8 Å². The van der Waals surface area contributed by atoms with Crippen LogP contribution in [-0.4, -0.2) is 26.1 Å². The van der Waals surface area contributed by atoms with Gasteiger partial charge in [-0.05, 0) is 24.3 Å². The van der Waals surface area contributed by atoms with Crippen LogP contribution in [0, 0.1) is 10.1 Å². The number of nitro groups is 1. The van der Waals surface area contributed by atoms with E-state index in [1.54, 1.807) is 31.3 Å². The minimum Gasteiger partial charge on any atom is -0.325 e. The number of fused-ring (bicyclic) bond motifs is 1. The number of nitrogens with zero attached hydrogens (tertiary/aromatic N) is 3. The number of hydrogen-bond acceptors (Lipinski definition) is 6. The maximum absolute atomic E-state index is 12.3. The number of benzene rings is 2. The predicted octanol–water partition coefficient (Wildman–Crippen LogP) is 2.57. The fourth-order valence-corrected chi connectivity index (χ4v) is 3.09. The molecular formula is C17H14N4O4S. The molecule has 0 aliphatic rings. The van der Waals surface area contributed by atoms with E-state index in [2.05, 4.69) is 10.3 Å². The average molecular weight is 370 g/mol. The predicted molar refractivity (Wildman–Crippen MR) is 99.4 cm³/mol. The van der Waals surface area contributed by atoms with E-state index in [-0.39, 0.29) is 22.9 Å². The van der Waals surface area contributed by atoms with Crippen LogP contribution < -0.4 is 10.9 Å². The topological polar surface area (TPSA) is 107 Å². The molecule has 0 aliphatic carbocycles. The molecule has 0 fully saturated rings. The Morgan fingerprint density at radius 2 is 1.92 bits per heavy atom. The fourth-order valence-electron chi connectivity index (χ4n) is 2.32. The Balaban J connectivity index is 1.69. The van der Waals surface area contributed by atoms with Crippen molar-refractivity contribution in [2.75, 3.05) is 11.1 Å². The molecule has 26 heavy (non-hydrogen) atoms. The van der Waals surface area contributed by atoms with Gasteiger partial charge in [-0.15, -0.1) is 0 Å². The number of nitrogens with one attached hydrogen (secondary N) is 1. The normalized spacial score (nSPS) is 10.7. The number of nitro benzene ring substituents is 1. The molecule has 0 saturated carbocycles. The van der Waals surface area contributed by atoms with Crippen molar-refractivity contribution in [2.45, 2.75) is 5.16 Å². The standard InChI is InChI=1S/C17H14N4O4S/c1-20-16(23)13-4-2-3-5-14(13)19-17(20)26-10-15(22)18-11-6-8-12(9-7-11)21(24)25/h2-9H,10H2,1H3,(H,18,22). The Morgan fingerprint density at radius 1 is 1.23 bits per heavy atom. The van der Waals surface area contributed by atoms with Crippen molar-refractivity contribution in [3.8, 4) is 0 Å². The third kappa shape index (κ3) is 3.72. The lowest BCUT2D eigenvalue weighted by Gasteiger charge is -2.09. The highest BCUT2D eigenvalue weighted by molar-refractivity contribution is 7.99. The molecule has 0 atom stereocenters. The van der Waals surface area contributed by atoms with Crippen LogP contribution in [-0.2, 0) is 11.8 Å². The van der Waals surface area contributed by atoms with Gasteiger partial charge in [0.15, 0.2) is 5.16 Å². The number of aromatic nitrogens is 2. The molecule has 0 aliphatic heterocycles. The third-order valence-electron chi connectivity index (χ3n) is 3.64. The Hall–Kier alpha value is -3.20. The van der Waals surface area contributed by atoms with Crippen LogP contribution >= 0.6 is 11.8 Å². The van der Waals surface area contributed by atoms with Gasteiger partial charge in [0.1, 0.15) is 0 Å². The van der Waals surface area contributed by atoms with Gasteiger partial charge >= 0.3 is 0 Å². The molecule has 0 saturated heterocycles. The van der Waals surface area contributed by atoms with E-state index in [1.807, 2.05) is 0 Å². The van der Waals surface area contributed by atoms with Crippen LogP contribution in [0.25, 0.3) is 10.9 Å². The molecule has 9 heteroatoms. The van der Waals surface area contributed by atoms with Crippen molar-refractivity contribution in [3.05, 3.63) is 69.0 Å². The SMILES string of the molecule is Cn1c(SCC(=O)Nc2ccc([N+](=O)[O-])cc2)nc2ccccc2c1=O. The molecule has 2 aromatic carbocycles. The number of para-hydroxylation sites is 1. The summed E-state index contributed by atoms with van der Waals surface area (Å²) < 4.78 is 1.41. The lowest BCUT2D eigenvalue weighted by atomic mass is 10.2. The Kier molecular flexibility index (Phi) is 4.99. The lowest BCUT2D eigenvalue weighted by molar-refractivity contribution is -0.384. The van der Waals surface area contributed by atoms with Crippen LogP contribution in [0.15, 0.2) is 58.5 Å². The summed E-state index contributed by atoms with van der Waals surface area (Å²) in [5.41, 5.74) is 0.817. The Bertz CT molecular complexity index is 1050. The fraction of sp³-hybridized carbons (Fsp3) is 0.118. The van der Waals surface area contributed by atoms with Gasteiger partial charge in [0.05, 0.1) is 21.6 Å². The second-order valence-corrected chi connectivity index (χ2v) is 6.36. The molecule has 0 spiro atoms. The summed E-state index contributed by atoms with van der Waals surface area (Å²) in [6, 6.07) is 12.6. The summed E-state index contributed by atoms with van der Waals surface area (Å²) in [6.07, 6.45) is 0. The van der Waals surface area contributed by atoms with Crippen molar-refractivity contribution in [1.29, 1.82) is 0 Å². The minimum atomic E-state index is -0.507. The molecule has 0 unspecified atom stereocenters. The Labute approximate surface area is 152 Å². The van der Waals surface area contributed by atoms with E-state index in [0.717, 1.165) is 11.8 Å². The second kappa shape index (κ2) is 7.36. The molecule has 8 nitrogen and oxygen atoms in total. The summed E-state index contributed by atoms with van der Waals surface area (Å²) in [4.78, 5) is 38.9. The Morgan fingerprint density at radius 3 is 2.62 bits per heavy atom. The van der Waals surface area contributed by atoms with E-state index in [4.69, 9.17) is 0 Å². The smallest absolute Gasteiger partial charge is 0.269 e. The van der Waals surface area contributed by atoms with Crippen molar-refractivity contribution < 1.29 is 9.72 Å². The molecule has 3 rings (SSSR count). The zero-order chi connectivity index (χ0) is 18.7. The maximum atomic E-state index is 12.3. The highest BCUT2D eigenvalue weighted by Crippen LogP contribution is 2.18. The number of non-ortho nitro benzene ring substituents is 1. The molecular weight excluding hydrogens is 356 g/mol. The lowest BCUT2D eigenvalue weighted by Crippen LogP contribution is -2.21. The summed E-state index contributed by atoms with van der Waals surface area (Å²) in [5, 5.41) is 14.2. The number of hydrogen-bond donors (Lipinski definition) is 1. The van der Waals surface area contributed by atoms with Gasteiger partial charge in [-0.2, -0.15) is 0 Å². The van der Waals surface area contributed by atoms with E-state index in [0.29, 0.717) is 21.7 Å². The zero-order valence-electron chi connectivity index (χ0n) is 13.7. The summed E-state index contributed by atoms with van der Waals surface area (Å²) in [6.45, 7) is 0. The van der Waals surface area contributed by atoms with Gasteiger partial charge in [0.25, 0.3) is 11.2 Å². The first kappa shape index (κ1) is 17.6. The first-order valence-corrected chi connectivity index (χ1v) is 8.57. The number of anilines is 1. The largest absolute Gasteiger partial charge is 0.325 e. The number of thioether (sulfide) groups is 1. The second-order valence-electron chi connectivity index (χ2n) is 5.42. The highest BCUT2D eigenvalue weighted by Gasteiger charge is 2.11. The monoisotopic (exact) mass is 370 g/mol. The first-order chi connectivity index (χ1) is 12.5. The maximum Gasteiger partial charge on any atom is 0.269 e. The van der Waals surface area contributed by atoms with Gasteiger partial charge in [-0.3, -0.25) is 24.3 Å². The van der Waals surface area contributed by atoms with Crippen molar-refractivity contribution in [3.63, 3.8) is 0 Å². The number of amides is 1. The van der Waals surface area contributed by atoms with Gasteiger partial charge < -0.3 is 5.32 Å². The molecule has 3 aromatic rings. The zero-order valence-corrected chi connectivity index (χ0v) is 14.5. The van der Waals surface area contributed by atoms with E-state index in [9.17, 15) is 19.7 Å². The molecule has 1 amide bonds. The van der Waals surface area contributed by atoms with E-state index < -0.39 is 4.92 Å².